The standard InChI is InChI=1S/C22H21F2N3O3/c1-13-11-25-20(14(2)21(13)29-3)12-30-19-6-4-17(5-7-19)26-22(28)27-18-9-15(23)8-16(24)10-18/h4-11H,12H2,1-3H3,(H2,26,27,28). The highest BCUT2D eigenvalue weighted by Gasteiger charge is 2.10. The molecule has 0 aliphatic rings. The van der Waals surface area contributed by atoms with Crippen LogP contribution in [-0.2, 0) is 6.61 Å². The van der Waals surface area contributed by atoms with Crippen LogP contribution >= 0.6 is 0 Å². The maximum Gasteiger partial charge on any atom is 0.323 e. The Balaban J connectivity index is 1.58. The lowest BCUT2D eigenvalue weighted by Crippen LogP contribution is -2.19. The van der Waals surface area contributed by atoms with Crippen molar-refractivity contribution in [3.8, 4) is 11.5 Å². The van der Waals surface area contributed by atoms with Crippen molar-refractivity contribution in [2.24, 2.45) is 0 Å². The lowest BCUT2D eigenvalue weighted by molar-refractivity contribution is 0.262. The highest BCUT2D eigenvalue weighted by atomic mass is 19.1. The number of carbonyl (C=O) groups excluding carboxylic acids is 1. The second kappa shape index (κ2) is 9.21. The summed E-state index contributed by atoms with van der Waals surface area (Å²) in [5, 5.41) is 4.95. The summed E-state index contributed by atoms with van der Waals surface area (Å²) in [6.07, 6.45) is 1.74. The minimum absolute atomic E-state index is 0.0151. The van der Waals surface area contributed by atoms with Gasteiger partial charge in [0.25, 0.3) is 0 Å². The number of ether oxygens (including phenoxy) is 2. The third kappa shape index (κ3) is 5.22. The van der Waals surface area contributed by atoms with Gasteiger partial charge in [0.1, 0.15) is 29.7 Å². The van der Waals surface area contributed by atoms with E-state index in [4.69, 9.17) is 9.47 Å². The Kier molecular flexibility index (Phi) is 6.46. The summed E-state index contributed by atoms with van der Waals surface area (Å²) in [5.41, 5.74) is 3.14. The van der Waals surface area contributed by atoms with Gasteiger partial charge in [0.2, 0.25) is 0 Å². The lowest BCUT2D eigenvalue weighted by Gasteiger charge is -2.13. The summed E-state index contributed by atoms with van der Waals surface area (Å²) < 4.78 is 37.5. The van der Waals surface area contributed by atoms with Crippen molar-refractivity contribution in [3.05, 3.63) is 77.1 Å². The SMILES string of the molecule is COc1c(C)cnc(COc2ccc(NC(=O)Nc3cc(F)cc(F)c3)cc2)c1C. The van der Waals surface area contributed by atoms with E-state index in [9.17, 15) is 13.6 Å². The summed E-state index contributed by atoms with van der Waals surface area (Å²) in [6.45, 7) is 4.12. The smallest absolute Gasteiger partial charge is 0.323 e. The van der Waals surface area contributed by atoms with E-state index in [-0.39, 0.29) is 12.3 Å². The van der Waals surface area contributed by atoms with Crippen molar-refractivity contribution >= 4 is 17.4 Å². The van der Waals surface area contributed by atoms with Crippen LogP contribution in [0.1, 0.15) is 16.8 Å². The zero-order valence-corrected chi connectivity index (χ0v) is 16.8. The predicted octanol–water partition coefficient (Wildman–Crippen LogP) is 5.21. The van der Waals surface area contributed by atoms with Crippen LogP contribution < -0.4 is 20.1 Å². The van der Waals surface area contributed by atoms with Gasteiger partial charge in [-0.05, 0) is 50.2 Å². The molecular weight excluding hydrogens is 392 g/mol. The molecule has 0 aliphatic carbocycles. The molecule has 2 N–H and O–H groups in total. The van der Waals surface area contributed by atoms with Gasteiger partial charge in [-0.2, -0.15) is 0 Å². The van der Waals surface area contributed by atoms with Gasteiger partial charge in [0.15, 0.2) is 0 Å². The summed E-state index contributed by atoms with van der Waals surface area (Å²) in [5.74, 6) is -0.174. The summed E-state index contributed by atoms with van der Waals surface area (Å²) in [6, 6.07) is 8.84. The molecule has 1 aromatic heterocycles. The summed E-state index contributed by atoms with van der Waals surface area (Å²) in [4.78, 5) is 16.4. The molecule has 0 unspecified atom stereocenters. The second-order valence-electron chi connectivity index (χ2n) is 6.60. The van der Waals surface area contributed by atoms with E-state index >= 15 is 0 Å². The Morgan fingerprint density at radius 2 is 1.63 bits per heavy atom. The molecule has 3 rings (SSSR count). The number of pyridine rings is 1. The number of nitrogens with one attached hydrogen (secondary N) is 2. The van der Waals surface area contributed by atoms with Gasteiger partial charge in [-0.25, -0.2) is 13.6 Å². The number of hydrogen-bond donors (Lipinski definition) is 2. The van der Waals surface area contributed by atoms with E-state index in [0.717, 1.165) is 40.8 Å². The van der Waals surface area contributed by atoms with Crippen molar-refractivity contribution < 1.29 is 23.0 Å². The fraction of sp³-hybridized carbons (Fsp3) is 0.182. The highest BCUT2D eigenvalue weighted by Crippen LogP contribution is 2.25. The molecule has 0 saturated heterocycles. The number of amides is 2. The molecule has 0 atom stereocenters. The molecule has 2 aromatic carbocycles. The number of halogens is 2. The average Bonchev–Trinajstić information content (AvgIpc) is 2.68. The molecular formula is C22H21F2N3O3. The second-order valence-corrected chi connectivity index (χ2v) is 6.60. The molecule has 2 amide bonds. The fourth-order valence-electron chi connectivity index (χ4n) is 2.92. The van der Waals surface area contributed by atoms with Crippen molar-refractivity contribution in [2.45, 2.75) is 20.5 Å². The fourth-order valence-corrected chi connectivity index (χ4v) is 2.92. The molecule has 156 valence electrons. The molecule has 0 radical (unpaired) electrons. The van der Waals surface area contributed by atoms with Crippen LogP contribution in [0.5, 0.6) is 11.5 Å². The monoisotopic (exact) mass is 413 g/mol. The normalized spacial score (nSPS) is 10.4. The first-order chi connectivity index (χ1) is 14.4. The van der Waals surface area contributed by atoms with Gasteiger partial charge >= 0.3 is 6.03 Å². The molecule has 0 fully saturated rings. The number of aryl methyl sites for hydroxylation is 1. The third-order valence-corrected chi connectivity index (χ3v) is 4.36. The average molecular weight is 413 g/mol. The minimum Gasteiger partial charge on any atom is -0.496 e. The third-order valence-electron chi connectivity index (χ3n) is 4.36. The molecule has 0 saturated carbocycles. The van der Waals surface area contributed by atoms with Crippen LogP contribution in [0.4, 0.5) is 25.0 Å². The van der Waals surface area contributed by atoms with E-state index in [1.54, 1.807) is 37.6 Å². The maximum atomic E-state index is 13.2. The Morgan fingerprint density at radius 3 is 2.27 bits per heavy atom. The van der Waals surface area contributed by atoms with Gasteiger partial charge in [-0.3, -0.25) is 4.98 Å². The molecule has 3 aromatic rings. The Labute approximate surface area is 172 Å². The Bertz CT molecular complexity index is 1040. The quantitative estimate of drug-likeness (QED) is 0.582. The van der Waals surface area contributed by atoms with Crippen LogP contribution in [0, 0.1) is 25.5 Å². The molecule has 1 heterocycles. The number of urea groups is 1. The van der Waals surface area contributed by atoms with Crippen LogP contribution in [0.25, 0.3) is 0 Å². The lowest BCUT2D eigenvalue weighted by atomic mass is 10.1. The number of benzene rings is 2. The topological polar surface area (TPSA) is 72.5 Å². The molecule has 0 spiro atoms. The predicted molar refractivity (Wildman–Crippen MR) is 110 cm³/mol. The van der Waals surface area contributed by atoms with E-state index in [0.29, 0.717) is 11.4 Å². The molecule has 0 bridgehead atoms. The van der Waals surface area contributed by atoms with Gasteiger partial charge in [0, 0.05) is 34.8 Å². The van der Waals surface area contributed by atoms with Crippen molar-refractivity contribution in [3.63, 3.8) is 0 Å². The molecule has 6 nitrogen and oxygen atoms in total. The molecule has 8 heteroatoms. The number of methoxy groups -OCH3 is 1. The number of aromatic nitrogens is 1. The van der Waals surface area contributed by atoms with E-state index in [2.05, 4.69) is 15.6 Å². The summed E-state index contributed by atoms with van der Waals surface area (Å²) in [7, 11) is 1.62. The molecule has 30 heavy (non-hydrogen) atoms. The zero-order chi connectivity index (χ0) is 21.7. The maximum absolute atomic E-state index is 13.2. The zero-order valence-electron chi connectivity index (χ0n) is 16.8. The first kappa shape index (κ1) is 21.0. The van der Waals surface area contributed by atoms with E-state index < -0.39 is 17.7 Å². The first-order valence-electron chi connectivity index (χ1n) is 9.11. The Hall–Kier alpha value is -3.68. The van der Waals surface area contributed by atoms with Crippen LogP contribution in [0.3, 0.4) is 0 Å². The number of hydrogen-bond acceptors (Lipinski definition) is 4. The Morgan fingerprint density at radius 1 is 1.00 bits per heavy atom. The minimum atomic E-state index is -0.775. The van der Waals surface area contributed by atoms with E-state index in [1.807, 2.05) is 13.8 Å². The van der Waals surface area contributed by atoms with Crippen molar-refractivity contribution in [1.29, 1.82) is 0 Å². The van der Waals surface area contributed by atoms with Gasteiger partial charge in [0.05, 0.1) is 12.8 Å². The number of nitrogens with zero attached hydrogens (tertiary/aromatic N) is 1. The van der Waals surface area contributed by atoms with Gasteiger partial charge in [-0.15, -0.1) is 0 Å². The van der Waals surface area contributed by atoms with Crippen LogP contribution in [0.2, 0.25) is 0 Å². The first-order valence-corrected chi connectivity index (χ1v) is 9.11. The summed E-state index contributed by atoms with van der Waals surface area (Å²) >= 11 is 0. The number of carbonyl (C=O) groups is 1. The number of rotatable bonds is 6. The van der Waals surface area contributed by atoms with Gasteiger partial charge in [-0.1, -0.05) is 0 Å². The largest absolute Gasteiger partial charge is 0.496 e. The highest BCUT2D eigenvalue weighted by molar-refractivity contribution is 5.99. The van der Waals surface area contributed by atoms with Crippen LogP contribution in [-0.4, -0.2) is 18.1 Å². The van der Waals surface area contributed by atoms with Crippen molar-refractivity contribution in [2.75, 3.05) is 17.7 Å². The van der Waals surface area contributed by atoms with Crippen molar-refractivity contribution in [1.82, 2.24) is 4.98 Å². The van der Waals surface area contributed by atoms with Gasteiger partial charge < -0.3 is 20.1 Å². The van der Waals surface area contributed by atoms with Crippen LogP contribution in [0.15, 0.2) is 48.7 Å². The molecule has 0 aliphatic heterocycles. The van der Waals surface area contributed by atoms with E-state index in [1.165, 1.54) is 0 Å². The number of anilines is 2.